The van der Waals surface area contributed by atoms with Crippen LogP contribution in [0.15, 0.2) is 30.3 Å². The molecule has 0 unspecified atom stereocenters. The van der Waals surface area contributed by atoms with E-state index in [2.05, 4.69) is 0 Å². The molecule has 0 saturated heterocycles. The van der Waals surface area contributed by atoms with Gasteiger partial charge in [-0.2, -0.15) is 0 Å². The molecule has 114 valence electrons. The van der Waals surface area contributed by atoms with E-state index in [1.165, 1.54) is 17.0 Å². The van der Waals surface area contributed by atoms with Crippen LogP contribution in [-0.4, -0.2) is 11.5 Å². The largest absolute Gasteiger partial charge is 0.362 e. The summed E-state index contributed by atoms with van der Waals surface area (Å²) < 4.78 is 41.3. The highest BCUT2D eigenvalue weighted by molar-refractivity contribution is 5.55. The summed E-state index contributed by atoms with van der Waals surface area (Å²) in [5.74, 6) is -2.30. The number of fused-ring (bicyclic) bond motifs is 1. The molecule has 0 aliphatic carbocycles. The summed E-state index contributed by atoms with van der Waals surface area (Å²) in [4.78, 5) is 11.2. The molecule has 0 bridgehead atoms. The number of anilines is 1. The fraction of sp³-hybridized carbons (Fsp3) is 0.200. The molecule has 22 heavy (non-hydrogen) atoms. The molecule has 4 nitrogen and oxygen atoms in total. The van der Waals surface area contributed by atoms with Crippen molar-refractivity contribution in [2.24, 2.45) is 0 Å². The maximum Gasteiger partial charge on any atom is 0.275 e. The zero-order chi connectivity index (χ0) is 15.9. The predicted octanol–water partition coefficient (Wildman–Crippen LogP) is 3.57. The van der Waals surface area contributed by atoms with E-state index in [1.807, 2.05) is 0 Å². The first-order valence-corrected chi connectivity index (χ1v) is 6.61. The van der Waals surface area contributed by atoms with Crippen molar-refractivity contribution >= 4 is 11.4 Å². The van der Waals surface area contributed by atoms with Crippen LogP contribution in [0, 0.1) is 27.6 Å². The van der Waals surface area contributed by atoms with Crippen LogP contribution in [0.5, 0.6) is 0 Å². The Balaban J connectivity index is 1.96. The van der Waals surface area contributed by atoms with Crippen LogP contribution in [0.2, 0.25) is 0 Å². The highest BCUT2D eigenvalue weighted by Gasteiger charge is 2.25. The van der Waals surface area contributed by atoms with E-state index < -0.39 is 22.2 Å². The summed E-state index contributed by atoms with van der Waals surface area (Å²) in [6, 6.07) is 5.70. The molecule has 0 radical (unpaired) electrons. The molecular formula is C15H11F3N2O2. The summed E-state index contributed by atoms with van der Waals surface area (Å²) in [6.07, 6.45) is 0.447. The number of hydrogen-bond donors (Lipinski definition) is 0. The van der Waals surface area contributed by atoms with Crippen molar-refractivity contribution in [2.75, 3.05) is 11.4 Å². The minimum absolute atomic E-state index is 0.223. The van der Waals surface area contributed by atoms with Crippen LogP contribution in [0.4, 0.5) is 24.5 Å². The number of nitro groups is 1. The van der Waals surface area contributed by atoms with Crippen LogP contribution in [-0.2, 0) is 13.0 Å². The Morgan fingerprint density at radius 1 is 1.05 bits per heavy atom. The highest BCUT2D eigenvalue weighted by Crippen LogP contribution is 2.32. The van der Waals surface area contributed by atoms with Crippen molar-refractivity contribution in [3.05, 3.63) is 69.0 Å². The van der Waals surface area contributed by atoms with Crippen LogP contribution >= 0.6 is 0 Å². The topological polar surface area (TPSA) is 46.4 Å². The van der Waals surface area contributed by atoms with Gasteiger partial charge in [-0.05, 0) is 29.7 Å². The molecule has 0 amide bonds. The first kappa shape index (κ1) is 14.4. The average Bonchev–Trinajstić information content (AvgIpc) is 2.46. The molecule has 2 aromatic rings. The lowest BCUT2D eigenvalue weighted by molar-refractivity contribution is -0.385. The summed E-state index contributed by atoms with van der Waals surface area (Å²) in [5.41, 5.74) is 0.669. The van der Waals surface area contributed by atoms with E-state index >= 15 is 0 Å². The van der Waals surface area contributed by atoms with E-state index in [1.54, 1.807) is 6.07 Å². The van der Waals surface area contributed by atoms with Crippen molar-refractivity contribution in [3.63, 3.8) is 0 Å². The molecule has 1 aliphatic rings. The van der Waals surface area contributed by atoms with Gasteiger partial charge in [0.25, 0.3) is 5.69 Å². The molecule has 0 saturated carbocycles. The van der Waals surface area contributed by atoms with E-state index in [9.17, 15) is 23.3 Å². The average molecular weight is 308 g/mol. The third-order valence-electron chi connectivity index (χ3n) is 3.71. The van der Waals surface area contributed by atoms with Gasteiger partial charge >= 0.3 is 0 Å². The van der Waals surface area contributed by atoms with Crippen molar-refractivity contribution < 1.29 is 18.1 Å². The van der Waals surface area contributed by atoms with Gasteiger partial charge < -0.3 is 4.90 Å². The van der Waals surface area contributed by atoms with Gasteiger partial charge in [-0.15, -0.1) is 0 Å². The van der Waals surface area contributed by atoms with Gasteiger partial charge in [-0.1, -0.05) is 6.07 Å². The number of non-ortho nitro benzene ring substituents is 1. The van der Waals surface area contributed by atoms with Gasteiger partial charge in [0, 0.05) is 13.1 Å². The summed E-state index contributed by atoms with van der Waals surface area (Å²) in [5, 5.41) is 10.6. The molecule has 1 aliphatic heterocycles. The third-order valence-corrected chi connectivity index (χ3v) is 3.71. The zero-order valence-corrected chi connectivity index (χ0v) is 11.4. The number of hydrogen-bond acceptors (Lipinski definition) is 3. The Bertz CT molecular complexity index is 741. The lowest BCUT2D eigenvalue weighted by Crippen LogP contribution is -2.31. The molecule has 2 aromatic carbocycles. The molecule has 7 heteroatoms. The van der Waals surface area contributed by atoms with Crippen LogP contribution < -0.4 is 4.90 Å². The highest BCUT2D eigenvalue weighted by atomic mass is 19.1. The minimum Gasteiger partial charge on any atom is -0.362 e. The Hall–Kier alpha value is -2.57. The SMILES string of the molecule is O=[N+]([O-])c1cc(F)c(N2CCc3cc(F)ccc3C2)c(F)c1. The quantitative estimate of drug-likeness (QED) is 0.629. The molecule has 0 atom stereocenters. The summed E-state index contributed by atoms with van der Waals surface area (Å²) in [7, 11) is 0. The Morgan fingerprint density at radius 2 is 1.73 bits per heavy atom. The fourth-order valence-corrected chi connectivity index (χ4v) is 2.67. The van der Waals surface area contributed by atoms with Gasteiger partial charge in [0.05, 0.1) is 17.1 Å². The van der Waals surface area contributed by atoms with Gasteiger partial charge in [0.2, 0.25) is 0 Å². The molecule has 1 heterocycles. The van der Waals surface area contributed by atoms with Crippen molar-refractivity contribution in [3.8, 4) is 0 Å². The first-order valence-electron chi connectivity index (χ1n) is 6.61. The van der Waals surface area contributed by atoms with Gasteiger partial charge in [-0.25, -0.2) is 13.2 Å². The Labute approximate surface area is 123 Å². The lowest BCUT2D eigenvalue weighted by atomic mass is 9.99. The molecular weight excluding hydrogens is 297 g/mol. The molecule has 0 fully saturated rings. The normalized spacial score (nSPS) is 13.9. The Morgan fingerprint density at radius 3 is 2.36 bits per heavy atom. The standard InChI is InChI=1S/C15H11F3N2O2/c16-11-2-1-10-8-19(4-3-9(10)5-11)15-13(17)6-12(20(21)22)7-14(15)18/h1-2,5-7H,3-4,8H2. The summed E-state index contributed by atoms with van der Waals surface area (Å²) in [6.45, 7) is 0.531. The smallest absolute Gasteiger partial charge is 0.275 e. The lowest BCUT2D eigenvalue weighted by Gasteiger charge is -2.31. The summed E-state index contributed by atoms with van der Waals surface area (Å²) >= 11 is 0. The van der Waals surface area contributed by atoms with Crippen molar-refractivity contribution in [1.29, 1.82) is 0 Å². The van der Waals surface area contributed by atoms with E-state index in [4.69, 9.17) is 0 Å². The molecule has 0 spiro atoms. The first-order chi connectivity index (χ1) is 10.5. The van der Waals surface area contributed by atoms with Crippen LogP contribution in [0.3, 0.4) is 0 Å². The molecule has 0 N–H and O–H groups in total. The minimum atomic E-state index is -0.975. The number of rotatable bonds is 2. The van der Waals surface area contributed by atoms with Gasteiger partial charge in [0.15, 0.2) is 11.6 Å². The van der Waals surface area contributed by atoms with E-state index in [0.29, 0.717) is 25.1 Å². The van der Waals surface area contributed by atoms with Gasteiger partial charge in [-0.3, -0.25) is 10.1 Å². The van der Waals surface area contributed by atoms with Crippen molar-refractivity contribution in [2.45, 2.75) is 13.0 Å². The van der Waals surface area contributed by atoms with Crippen molar-refractivity contribution in [1.82, 2.24) is 0 Å². The van der Waals surface area contributed by atoms with Crippen LogP contribution in [0.25, 0.3) is 0 Å². The second-order valence-electron chi connectivity index (χ2n) is 5.10. The monoisotopic (exact) mass is 308 g/mol. The maximum absolute atomic E-state index is 14.0. The third kappa shape index (κ3) is 2.49. The Kier molecular flexibility index (Phi) is 3.48. The zero-order valence-electron chi connectivity index (χ0n) is 11.4. The van der Waals surface area contributed by atoms with Crippen LogP contribution in [0.1, 0.15) is 11.1 Å². The molecule has 0 aromatic heterocycles. The van der Waals surface area contributed by atoms with E-state index in [0.717, 1.165) is 11.1 Å². The number of benzene rings is 2. The molecule has 3 rings (SSSR count). The predicted molar refractivity (Wildman–Crippen MR) is 74.2 cm³/mol. The van der Waals surface area contributed by atoms with Gasteiger partial charge in [0.1, 0.15) is 11.5 Å². The number of halogens is 3. The number of nitro benzene ring substituents is 1. The number of nitrogens with zero attached hydrogens (tertiary/aromatic N) is 2. The second-order valence-corrected chi connectivity index (χ2v) is 5.10. The second kappa shape index (κ2) is 5.32. The van der Waals surface area contributed by atoms with E-state index in [-0.39, 0.29) is 18.0 Å². The maximum atomic E-state index is 14.0. The fourth-order valence-electron chi connectivity index (χ4n) is 2.67.